The third-order valence-electron chi connectivity index (χ3n) is 3.58. The number of carboxylic acid groups (broad SMARTS) is 1. The van der Waals surface area contributed by atoms with Crippen molar-refractivity contribution in [1.29, 1.82) is 0 Å². The molecule has 3 aromatic rings. The van der Waals surface area contributed by atoms with Crippen molar-refractivity contribution < 1.29 is 9.90 Å². The molecular formula is C17H16N2O2. The van der Waals surface area contributed by atoms with Gasteiger partial charge in [0.15, 0.2) is 0 Å². The van der Waals surface area contributed by atoms with Crippen molar-refractivity contribution in [2.24, 2.45) is 0 Å². The molecule has 0 fully saturated rings. The van der Waals surface area contributed by atoms with Crippen LogP contribution in [0.5, 0.6) is 0 Å². The van der Waals surface area contributed by atoms with Crippen LogP contribution in [0.4, 0.5) is 0 Å². The molecule has 0 saturated carbocycles. The molecule has 4 heteroatoms. The standard InChI is InChI=1S/C17H16N2O2/c20-17(21)6-5-14-12-19(11-13-7-9-18-10-8-13)16-4-2-1-3-15(14)16/h1-4,7-10,12H,5-6,11H2,(H,20,21). The van der Waals surface area contributed by atoms with E-state index in [1.807, 2.05) is 24.3 Å². The van der Waals surface area contributed by atoms with E-state index in [-0.39, 0.29) is 6.42 Å². The lowest BCUT2D eigenvalue weighted by Gasteiger charge is -2.04. The molecule has 0 radical (unpaired) electrons. The minimum Gasteiger partial charge on any atom is -0.481 e. The molecular weight excluding hydrogens is 264 g/mol. The Hall–Kier alpha value is -2.62. The third-order valence-corrected chi connectivity index (χ3v) is 3.58. The summed E-state index contributed by atoms with van der Waals surface area (Å²) in [7, 11) is 0. The highest BCUT2D eigenvalue weighted by molar-refractivity contribution is 5.84. The maximum absolute atomic E-state index is 10.8. The Morgan fingerprint density at radius 1 is 1.14 bits per heavy atom. The van der Waals surface area contributed by atoms with E-state index < -0.39 is 5.97 Å². The summed E-state index contributed by atoms with van der Waals surface area (Å²) in [6, 6.07) is 12.1. The van der Waals surface area contributed by atoms with E-state index in [0.717, 1.165) is 23.0 Å². The zero-order valence-corrected chi connectivity index (χ0v) is 11.6. The van der Waals surface area contributed by atoms with Crippen LogP contribution in [0.1, 0.15) is 17.5 Å². The zero-order valence-electron chi connectivity index (χ0n) is 11.6. The average Bonchev–Trinajstić information content (AvgIpc) is 2.85. The van der Waals surface area contributed by atoms with Crippen molar-refractivity contribution in [2.45, 2.75) is 19.4 Å². The van der Waals surface area contributed by atoms with Gasteiger partial charge in [0.25, 0.3) is 0 Å². The topological polar surface area (TPSA) is 55.1 Å². The average molecular weight is 280 g/mol. The minimum atomic E-state index is -0.763. The molecule has 106 valence electrons. The Kier molecular flexibility index (Phi) is 3.69. The van der Waals surface area contributed by atoms with E-state index in [1.54, 1.807) is 12.4 Å². The van der Waals surface area contributed by atoms with Gasteiger partial charge < -0.3 is 9.67 Å². The van der Waals surface area contributed by atoms with Gasteiger partial charge >= 0.3 is 5.97 Å². The molecule has 0 saturated heterocycles. The summed E-state index contributed by atoms with van der Waals surface area (Å²) in [5.74, 6) is -0.763. The van der Waals surface area contributed by atoms with Gasteiger partial charge in [-0.15, -0.1) is 0 Å². The quantitative estimate of drug-likeness (QED) is 0.781. The Bertz CT molecular complexity index is 763. The SMILES string of the molecule is O=C(O)CCc1cn(Cc2ccncc2)c2ccccc12. The number of hydrogen-bond acceptors (Lipinski definition) is 2. The molecule has 0 aliphatic carbocycles. The van der Waals surface area contributed by atoms with E-state index in [2.05, 4.69) is 27.9 Å². The second kappa shape index (κ2) is 5.79. The number of aliphatic carboxylic acids is 1. The van der Waals surface area contributed by atoms with Gasteiger partial charge in [-0.1, -0.05) is 18.2 Å². The molecule has 0 unspecified atom stereocenters. The van der Waals surface area contributed by atoms with Crippen LogP contribution in [0.25, 0.3) is 10.9 Å². The van der Waals surface area contributed by atoms with Crippen molar-refractivity contribution in [1.82, 2.24) is 9.55 Å². The molecule has 4 nitrogen and oxygen atoms in total. The molecule has 0 aliphatic heterocycles. The predicted octanol–water partition coefficient (Wildman–Crippen LogP) is 3.10. The fourth-order valence-corrected chi connectivity index (χ4v) is 2.58. The summed E-state index contributed by atoms with van der Waals surface area (Å²) in [6.45, 7) is 0.760. The number of hydrogen-bond donors (Lipinski definition) is 1. The van der Waals surface area contributed by atoms with Crippen LogP contribution in [0, 0.1) is 0 Å². The monoisotopic (exact) mass is 280 g/mol. The van der Waals surface area contributed by atoms with Crippen molar-refractivity contribution in [2.75, 3.05) is 0 Å². The molecule has 0 atom stereocenters. The van der Waals surface area contributed by atoms with E-state index in [9.17, 15) is 4.79 Å². The normalized spacial score (nSPS) is 10.9. The molecule has 21 heavy (non-hydrogen) atoms. The predicted molar refractivity (Wildman–Crippen MR) is 81.2 cm³/mol. The Labute approximate surface area is 122 Å². The number of aromatic nitrogens is 2. The number of carbonyl (C=O) groups is 1. The molecule has 3 rings (SSSR count). The second-order valence-electron chi connectivity index (χ2n) is 5.05. The van der Waals surface area contributed by atoms with Gasteiger partial charge in [-0.25, -0.2) is 0 Å². The van der Waals surface area contributed by atoms with Crippen LogP contribution >= 0.6 is 0 Å². The van der Waals surface area contributed by atoms with Gasteiger partial charge in [0.2, 0.25) is 0 Å². The maximum Gasteiger partial charge on any atom is 0.303 e. The number of pyridine rings is 1. The van der Waals surface area contributed by atoms with E-state index in [0.29, 0.717) is 6.42 Å². The zero-order chi connectivity index (χ0) is 14.7. The van der Waals surface area contributed by atoms with Crippen LogP contribution in [-0.2, 0) is 17.8 Å². The maximum atomic E-state index is 10.8. The largest absolute Gasteiger partial charge is 0.481 e. The van der Waals surface area contributed by atoms with E-state index in [1.165, 1.54) is 5.56 Å². The summed E-state index contributed by atoms with van der Waals surface area (Å²) in [5, 5.41) is 10.0. The first-order chi connectivity index (χ1) is 10.2. The molecule has 0 aliphatic rings. The van der Waals surface area contributed by atoms with Crippen LogP contribution in [0.2, 0.25) is 0 Å². The molecule has 2 heterocycles. The summed E-state index contributed by atoms with van der Waals surface area (Å²) in [4.78, 5) is 14.8. The van der Waals surface area contributed by atoms with Gasteiger partial charge in [-0.05, 0) is 35.7 Å². The van der Waals surface area contributed by atoms with Gasteiger partial charge in [0.1, 0.15) is 0 Å². The number of benzene rings is 1. The highest BCUT2D eigenvalue weighted by Gasteiger charge is 2.09. The van der Waals surface area contributed by atoms with E-state index >= 15 is 0 Å². The second-order valence-corrected chi connectivity index (χ2v) is 5.05. The molecule has 0 bridgehead atoms. The fraction of sp³-hybridized carbons (Fsp3) is 0.176. The lowest BCUT2D eigenvalue weighted by Crippen LogP contribution is -1.98. The highest BCUT2D eigenvalue weighted by Crippen LogP contribution is 2.23. The molecule has 1 aromatic carbocycles. The summed E-state index contributed by atoms with van der Waals surface area (Å²) in [5.41, 5.74) is 3.40. The molecule has 2 aromatic heterocycles. The van der Waals surface area contributed by atoms with Gasteiger partial charge in [-0.3, -0.25) is 9.78 Å². The number of nitrogens with zero attached hydrogens (tertiary/aromatic N) is 2. The van der Waals surface area contributed by atoms with E-state index in [4.69, 9.17) is 5.11 Å². The third kappa shape index (κ3) is 2.94. The number of carboxylic acids is 1. The number of fused-ring (bicyclic) bond motifs is 1. The number of para-hydroxylation sites is 1. The minimum absolute atomic E-state index is 0.156. The lowest BCUT2D eigenvalue weighted by atomic mass is 10.1. The Balaban J connectivity index is 1.96. The van der Waals surface area contributed by atoms with Crippen molar-refractivity contribution in [3.63, 3.8) is 0 Å². The van der Waals surface area contributed by atoms with Crippen LogP contribution in [-0.4, -0.2) is 20.6 Å². The first kappa shape index (κ1) is 13.4. The number of rotatable bonds is 5. The first-order valence-electron chi connectivity index (χ1n) is 6.91. The molecule has 0 spiro atoms. The van der Waals surface area contributed by atoms with Crippen LogP contribution in [0.15, 0.2) is 55.0 Å². The van der Waals surface area contributed by atoms with Crippen LogP contribution in [0.3, 0.4) is 0 Å². The highest BCUT2D eigenvalue weighted by atomic mass is 16.4. The molecule has 1 N–H and O–H groups in total. The van der Waals surface area contributed by atoms with Crippen molar-refractivity contribution >= 4 is 16.9 Å². The Morgan fingerprint density at radius 3 is 2.67 bits per heavy atom. The lowest BCUT2D eigenvalue weighted by molar-refractivity contribution is -0.136. The summed E-state index contributed by atoms with van der Waals surface area (Å²) < 4.78 is 2.17. The van der Waals surface area contributed by atoms with Gasteiger partial charge in [0, 0.05) is 42.5 Å². The number of aryl methyl sites for hydroxylation is 1. The van der Waals surface area contributed by atoms with Gasteiger partial charge in [0.05, 0.1) is 0 Å². The van der Waals surface area contributed by atoms with Crippen molar-refractivity contribution in [3.8, 4) is 0 Å². The molecule has 0 amide bonds. The fourth-order valence-electron chi connectivity index (χ4n) is 2.58. The summed E-state index contributed by atoms with van der Waals surface area (Å²) in [6.07, 6.45) is 6.34. The summed E-state index contributed by atoms with van der Waals surface area (Å²) >= 11 is 0. The smallest absolute Gasteiger partial charge is 0.303 e. The van der Waals surface area contributed by atoms with Gasteiger partial charge in [-0.2, -0.15) is 0 Å². The van der Waals surface area contributed by atoms with Crippen molar-refractivity contribution in [3.05, 3.63) is 66.1 Å². The first-order valence-corrected chi connectivity index (χ1v) is 6.91. The van der Waals surface area contributed by atoms with Crippen LogP contribution < -0.4 is 0 Å². The Morgan fingerprint density at radius 2 is 1.90 bits per heavy atom.